The monoisotopic (exact) mass is 232 g/mol. The molecule has 0 saturated heterocycles. The number of carbonyl (C=O) groups is 3. The van der Waals surface area contributed by atoms with Gasteiger partial charge in [-0.05, 0) is 0 Å². The Kier molecular flexibility index (Phi) is 8.03. The first-order valence-electron chi connectivity index (χ1n) is 3.21. The van der Waals surface area contributed by atoms with E-state index in [4.69, 9.17) is 20.4 Å². The maximum Gasteiger partial charge on any atom is 2.00 e. The van der Waals surface area contributed by atoms with Crippen molar-refractivity contribution >= 4 is 55.6 Å². The predicted octanol–water partition coefficient (Wildman–Crippen LogP) is -1.77. The second-order valence-electron chi connectivity index (χ2n) is 2.33. The van der Waals surface area contributed by atoms with E-state index in [-0.39, 0.29) is 37.7 Å². The molecule has 0 fully saturated rings. The largest absolute Gasteiger partial charge is 2.00 e. The van der Waals surface area contributed by atoms with Gasteiger partial charge in [-0.1, -0.05) is 0 Å². The van der Waals surface area contributed by atoms with Gasteiger partial charge in [0, 0.05) is 0 Å². The van der Waals surface area contributed by atoms with Crippen LogP contribution in [0.4, 0.5) is 0 Å². The van der Waals surface area contributed by atoms with Crippen LogP contribution in [0.5, 0.6) is 0 Å². The molecule has 0 amide bonds. The molecular formula is C6H8CaO7+2. The van der Waals surface area contributed by atoms with Crippen molar-refractivity contribution in [3.8, 4) is 0 Å². The van der Waals surface area contributed by atoms with Crippen molar-refractivity contribution in [1.29, 1.82) is 0 Å². The summed E-state index contributed by atoms with van der Waals surface area (Å²) in [6.45, 7) is 0. The molecule has 2 atom stereocenters. The van der Waals surface area contributed by atoms with Crippen LogP contribution < -0.4 is 0 Å². The Morgan fingerprint density at radius 1 is 1.00 bits per heavy atom. The molecule has 74 valence electrons. The molecule has 7 nitrogen and oxygen atoms in total. The maximum atomic E-state index is 10.3. The summed E-state index contributed by atoms with van der Waals surface area (Å²) in [6.07, 6.45) is -3.13. The molecule has 0 rings (SSSR count). The zero-order valence-electron chi connectivity index (χ0n) is 7.08. The van der Waals surface area contributed by atoms with Gasteiger partial charge in [-0.3, -0.25) is 9.59 Å². The van der Waals surface area contributed by atoms with E-state index in [1.54, 1.807) is 0 Å². The van der Waals surface area contributed by atoms with Gasteiger partial charge in [-0.2, -0.15) is 0 Å². The maximum absolute atomic E-state index is 10.3. The van der Waals surface area contributed by atoms with Crippen LogP contribution in [0.15, 0.2) is 0 Å². The molecule has 0 unspecified atom stereocenters. The molecule has 0 aromatic rings. The van der Waals surface area contributed by atoms with Crippen LogP contribution in [0.3, 0.4) is 0 Å². The van der Waals surface area contributed by atoms with E-state index in [0.29, 0.717) is 0 Å². The summed E-state index contributed by atoms with van der Waals surface area (Å²) in [7, 11) is 0. The Hall–Kier alpha value is -0.370. The zero-order chi connectivity index (χ0) is 10.6. The van der Waals surface area contributed by atoms with Crippen molar-refractivity contribution in [3.05, 3.63) is 0 Å². The van der Waals surface area contributed by atoms with Crippen LogP contribution in [-0.2, 0) is 14.4 Å². The summed E-state index contributed by atoms with van der Waals surface area (Å²) in [4.78, 5) is 30.5. The third-order valence-corrected chi connectivity index (χ3v) is 1.35. The van der Waals surface area contributed by atoms with Crippen LogP contribution in [-0.4, -0.2) is 82.2 Å². The molecule has 0 aromatic heterocycles. The van der Waals surface area contributed by atoms with Crippen LogP contribution >= 0.6 is 0 Å². The number of aliphatic hydroxyl groups excluding tert-OH is 1. The molecule has 4 N–H and O–H groups in total. The first-order valence-corrected chi connectivity index (χ1v) is 3.21. The molecule has 0 saturated carbocycles. The smallest absolute Gasteiger partial charge is 0.481 e. The van der Waals surface area contributed by atoms with Crippen molar-refractivity contribution in [2.45, 2.75) is 12.5 Å². The Morgan fingerprint density at radius 3 is 1.64 bits per heavy atom. The normalized spacial score (nSPS) is 13.5. The summed E-state index contributed by atoms with van der Waals surface area (Å²) in [5, 5.41) is 33.5. The minimum absolute atomic E-state index is 0. The topological polar surface area (TPSA) is 132 Å². The zero-order valence-corrected chi connectivity index (χ0v) is 9.29. The van der Waals surface area contributed by atoms with E-state index in [0.717, 1.165) is 0 Å². The fourth-order valence-corrected chi connectivity index (χ4v) is 0.694. The number of hydrogen-bond acceptors (Lipinski definition) is 4. The van der Waals surface area contributed by atoms with E-state index in [9.17, 15) is 14.4 Å². The molecule has 0 aliphatic heterocycles. The molecule has 8 heteroatoms. The Morgan fingerprint density at radius 2 is 1.43 bits per heavy atom. The molecule has 0 aromatic carbocycles. The van der Waals surface area contributed by atoms with Gasteiger partial charge in [-0.15, -0.1) is 0 Å². The Balaban J connectivity index is 0. The van der Waals surface area contributed by atoms with Crippen LogP contribution in [0.25, 0.3) is 0 Å². The molecule has 0 bridgehead atoms. The fourth-order valence-electron chi connectivity index (χ4n) is 0.694. The molecule has 0 heterocycles. The van der Waals surface area contributed by atoms with Gasteiger partial charge in [0.25, 0.3) is 0 Å². The van der Waals surface area contributed by atoms with Crippen molar-refractivity contribution in [2.75, 3.05) is 0 Å². The molecule has 14 heavy (non-hydrogen) atoms. The Bertz CT molecular complexity index is 238. The molecule has 0 spiro atoms. The number of aliphatic hydroxyl groups is 1. The molecular weight excluding hydrogens is 224 g/mol. The first-order chi connectivity index (χ1) is 5.86. The summed E-state index contributed by atoms with van der Waals surface area (Å²) < 4.78 is 0. The number of aliphatic carboxylic acids is 3. The van der Waals surface area contributed by atoms with Gasteiger partial charge < -0.3 is 20.4 Å². The SMILES string of the molecule is O=C(O)C[C@@H](C(=O)O)[C@@H](O)C(=O)O.[Ca+2]. The van der Waals surface area contributed by atoms with Gasteiger partial charge in [0.05, 0.1) is 6.42 Å². The van der Waals surface area contributed by atoms with Crippen LogP contribution in [0, 0.1) is 5.92 Å². The van der Waals surface area contributed by atoms with E-state index in [1.807, 2.05) is 0 Å². The van der Waals surface area contributed by atoms with Crippen LogP contribution in [0.1, 0.15) is 6.42 Å². The van der Waals surface area contributed by atoms with Crippen LogP contribution in [0.2, 0.25) is 0 Å². The number of carboxylic acids is 3. The number of rotatable bonds is 5. The fraction of sp³-hybridized carbons (Fsp3) is 0.500. The van der Waals surface area contributed by atoms with Gasteiger partial charge in [0.15, 0.2) is 6.10 Å². The summed E-state index contributed by atoms with van der Waals surface area (Å²) in [6, 6.07) is 0. The minimum Gasteiger partial charge on any atom is -0.481 e. The van der Waals surface area contributed by atoms with Crippen molar-refractivity contribution in [2.24, 2.45) is 5.92 Å². The van der Waals surface area contributed by atoms with Gasteiger partial charge >= 0.3 is 55.6 Å². The van der Waals surface area contributed by atoms with E-state index in [2.05, 4.69) is 0 Å². The molecule has 0 aliphatic carbocycles. The predicted molar refractivity (Wildman–Crippen MR) is 42.8 cm³/mol. The third kappa shape index (κ3) is 5.38. The van der Waals surface area contributed by atoms with E-state index < -0.39 is 36.4 Å². The van der Waals surface area contributed by atoms with Crippen molar-refractivity contribution in [1.82, 2.24) is 0 Å². The Labute approximate surface area is 108 Å². The first kappa shape index (κ1) is 16.1. The quantitative estimate of drug-likeness (QED) is 0.412. The van der Waals surface area contributed by atoms with Gasteiger partial charge in [-0.25, -0.2) is 4.79 Å². The van der Waals surface area contributed by atoms with Crippen molar-refractivity contribution in [3.63, 3.8) is 0 Å². The second kappa shape index (κ2) is 6.99. The second-order valence-corrected chi connectivity index (χ2v) is 2.33. The van der Waals surface area contributed by atoms with Crippen molar-refractivity contribution < 1.29 is 34.8 Å². The summed E-state index contributed by atoms with van der Waals surface area (Å²) >= 11 is 0. The minimum atomic E-state index is -2.20. The van der Waals surface area contributed by atoms with E-state index >= 15 is 0 Å². The average Bonchev–Trinajstić information content (AvgIpc) is 1.97. The summed E-state index contributed by atoms with van der Waals surface area (Å²) in [5.74, 6) is -6.71. The third-order valence-electron chi connectivity index (χ3n) is 1.35. The summed E-state index contributed by atoms with van der Waals surface area (Å²) in [5.41, 5.74) is 0. The van der Waals surface area contributed by atoms with E-state index in [1.165, 1.54) is 0 Å². The molecule has 0 aliphatic rings. The average molecular weight is 232 g/mol. The standard InChI is InChI=1S/C6H8O7.Ca/c7-3(8)1-2(5(10)11)4(9)6(12)13;/h2,4,9H,1H2,(H,7,8)(H,10,11)(H,12,13);/q;+2/t2-,4-;/m1./s1. The number of carboxylic acid groups (broad SMARTS) is 3. The number of hydrogen-bond donors (Lipinski definition) is 4. The van der Waals surface area contributed by atoms with Gasteiger partial charge in [0.2, 0.25) is 0 Å². The van der Waals surface area contributed by atoms with Gasteiger partial charge in [0.1, 0.15) is 5.92 Å². The molecule has 0 radical (unpaired) electrons.